The van der Waals surface area contributed by atoms with Crippen molar-refractivity contribution in [3.63, 3.8) is 0 Å². The third-order valence-electron chi connectivity index (χ3n) is 4.64. The van der Waals surface area contributed by atoms with Crippen molar-refractivity contribution in [3.8, 4) is 0 Å². The molecule has 0 aromatic heterocycles. The zero-order valence-electron chi connectivity index (χ0n) is 11.7. The van der Waals surface area contributed by atoms with Crippen LogP contribution in [-0.4, -0.2) is 0 Å². The quantitative estimate of drug-likeness (QED) is 0.504. The van der Waals surface area contributed by atoms with Gasteiger partial charge in [0.05, 0.1) is 0 Å². The van der Waals surface area contributed by atoms with Crippen molar-refractivity contribution in [2.75, 3.05) is 0 Å². The van der Waals surface area contributed by atoms with Crippen LogP contribution in [0.2, 0.25) is 0 Å². The first-order chi connectivity index (χ1) is 9.88. The van der Waals surface area contributed by atoms with Gasteiger partial charge in [0.25, 0.3) is 0 Å². The van der Waals surface area contributed by atoms with E-state index in [0.717, 1.165) is 0 Å². The molecule has 0 N–H and O–H groups in total. The van der Waals surface area contributed by atoms with Crippen LogP contribution >= 0.6 is 0 Å². The van der Waals surface area contributed by atoms with E-state index in [0.29, 0.717) is 0 Å². The number of hydrogen-bond acceptors (Lipinski definition) is 0. The summed E-state index contributed by atoms with van der Waals surface area (Å²) in [7, 11) is 0. The molecule has 0 saturated carbocycles. The Morgan fingerprint density at radius 3 is 2.40 bits per heavy atom. The Hall–Kier alpha value is -2.08. The summed E-state index contributed by atoms with van der Waals surface area (Å²) in [6.07, 6.45) is 7.10. The van der Waals surface area contributed by atoms with Gasteiger partial charge in [-0.1, -0.05) is 55.1 Å². The topological polar surface area (TPSA) is 0 Å². The first-order valence-corrected chi connectivity index (χ1v) is 7.47. The Morgan fingerprint density at radius 2 is 1.50 bits per heavy atom. The van der Waals surface area contributed by atoms with Gasteiger partial charge in [-0.15, -0.1) is 0 Å². The Bertz CT molecular complexity index is 824. The molecule has 0 nitrogen and oxygen atoms in total. The lowest BCUT2D eigenvalue weighted by atomic mass is 9.86. The Kier molecular flexibility index (Phi) is 2.63. The van der Waals surface area contributed by atoms with E-state index in [9.17, 15) is 0 Å². The highest BCUT2D eigenvalue weighted by Crippen LogP contribution is 2.34. The molecule has 0 aliphatic heterocycles. The fraction of sp³-hybridized carbons (Fsp3) is 0.200. The molecule has 1 aliphatic rings. The van der Waals surface area contributed by atoms with Gasteiger partial charge < -0.3 is 0 Å². The maximum absolute atomic E-state index is 3.93. The third kappa shape index (κ3) is 1.61. The predicted octanol–water partition coefficient (Wildman–Crippen LogP) is 5.51. The molecule has 0 bridgehead atoms. The standard InChI is InChI=1S/C20H18/c1-2-14-7-5-9-18-17(14)12-13-19-16-8-4-3-6-15(16)10-11-20(18)19/h2,5,7,9-13H,1,3-4,6,8H2. The molecule has 0 spiro atoms. The van der Waals surface area contributed by atoms with Crippen molar-refractivity contribution < 1.29 is 0 Å². The van der Waals surface area contributed by atoms with E-state index in [2.05, 4.69) is 49.0 Å². The Labute approximate surface area is 119 Å². The third-order valence-corrected chi connectivity index (χ3v) is 4.64. The van der Waals surface area contributed by atoms with Crippen LogP contribution in [0.5, 0.6) is 0 Å². The molecule has 1 aliphatic carbocycles. The van der Waals surface area contributed by atoms with Crippen molar-refractivity contribution in [2.45, 2.75) is 25.7 Å². The molecular formula is C20H18. The molecule has 3 aromatic carbocycles. The van der Waals surface area contributed by atoms with Gasteiger partial charge >= 0.3 is 0 Å². The van der Waals surface area contributed by atoms with E-state index in [-0.39, 0.29) is 0 Å². The molecule has 0 heterocycles. The first-order valence-electron chi connectivity index (χ1n) is 7.47. The number of hydrogen-bond donors (Lipinski definition) is 0. The van der Waals surface area contributed by atoms with Crippen LogP contribution in [0.4, 0.5) is 0 Å². The number of aryl methyl sites for hydroxylation is 2. The molecule has 0 atom stereocenters. The van der Waals surface area contributed by atoms with Crippen molar-refractivity contribution in [3.05, 3.63) is 65.7 Å². The molecule has 98 valence electrons. The van der Waals surface area contributed by atoms with E-state index < -0.39 is 0 Å². The summed E-state index contributed by atoms with van der Waals surface area (Å²) in [5.74, 6) is 0. The minimum atomic E-state index is 1.22. The van der Waals surface area contributed by atoms with Crippen molar-refractivity contribution in [1.29, 1.82) is 0 Å². The maximum Gasteiger partial charge on any atom is -0.00993 e. The second-order valence-electron chi connectivity index (χ2n) is 5.72. The lowest BCUT2D eigenvalue weighted by Crippen LogP contribution is -2.03. The zero-order chi connectivity index (χ0) is 13.5. The Morgan fingerprint density at radius 1 is 0.750 bits per heavy atom. The summed E-state index contributed by atoms with van der Waals surface area (Å²) >= 11 is 0. The normalized spacial score (nSPS) is 14.4. The molecule has 20 heavy (non-hydrogen) atoms. The molecule has 0 fully saturated rings. The first kappa shape index (κ1) is 11.7. The van der Waals surface area contributed by atoms with Gasteiger partial charge in [0.1, 0.15) is 0 Å². The van der Waals surface area contributed by atoms with Crippen LogP contribution in [0.3, 0.4) is 0 Å². The average Bonchev–Trinajstić information content (AvgIpc) is 2.53. The fourth-order valence-electron chi connectivity index (χ4n) is 3.63. The van der Waals surface area contributed by atoms with Crippen molar-refractivity contribution in [1.82, 2.24) is 0 Å². The zero-order valence-corrected chi connectivity index (χ0v) is 11.7. The van der Waals surface area contributed by atoms with Gasteiger partial charge in [-0.25, -0.2) is 0 Å². The summed E-state index contributed by atoms with van der Waals surface area (Å²) in [6, 6.07) is 15.8. The minimum Gasteiger partial charge on any atom is -0.0984 e. The molecule has 0 heteroatoms. The predicted molar refractivity (Wildman–Crippen MR) is 88.2 cm³/mol. The second-order valence-corrected chi connectivity index (χ2v) is 5.72. The van der Waals surface area contributed by atoms with E-state index in [1.165, 1.54) is 52.8 Å². The highest BCUT2D eigenvalue weighted by atomic mass is 14.2. The molecule has 0 unspecified atom stereocenters. The second kappa shape index (κ2) is 4.49. The van der Waals surface area contributed by atoms with Crippen LogP contribution in [0.25, 0.3) is 27.6 Å². The summed E-state index contributed by atoms with van der Waals surface area (Å²) < 4.78 is 0. The van der Waals surface area contributed by atoms with Crippen LogP contribution in [0.1, 0.15) is 29.5 Å². The van der Waals surface area contributed by atoms with Gasteiger partial charge in [0, 0.05) is 0 Å². The lowest BCUT2D eigenvalue weighted by Gasteiger charge is -2.19. The number of fused-ring (bicyclic) bond motifs is 5. The average molecular weight is 258 g/mol. The smallest absolute Gasteiger partial charge is 0.00993 e. The molecular weight excluding hydrogens is 240 g/mol. The van der Waals surface area contributed by atoms with Gasteiger partial charge in [0.2, 0.25) is 0 Å². The monoisotopic (exact) mass is 258 g/mol. The highest BCUT2D eigenvalue weighted by Gasteiger charge is 2.13. The van der Waals surface area contributed by atoms with Gasteiger partial charge in [-0.05, 0) is 63.9 Å². The minimum absolute atomic E-state index is 1.22. The fourth-order valence-corrected chi connectivity index (χ4v) is 3.63. The highest BCUT2D eigenvalue weighted by molar-refractivity contribution is 6.10. The molecule has 0 radical (unpaired) electrons. The summed E-state index contributed by atoms with van der Waals surface area (Å²) in [6.45, 7) is 3.93. The SMILES string of the molecule is C=Cc1cccc2c1ccc1c3c(ccc12)CCCC3. The van der Waals surface area contributed by atoms with Crippen molar-refractivity contribution >= 4 is 27.6 Å². The van der Waals surface area contributed by atoms with Gasteiger partial charge in [-0.3, -0.25) is 0 Å². The number of rotatable bonds is 1. The maximum atomic E-state index is 3.93. The molecule has 4 rings (SSSR count). The van der Waals surface area contributed by atoms with Crippen LogP contribution in [0, 0.1) is 0 Å². The van der Waals surface area contributed by atoms with E-state index in [1.807, 2.05) is 6.08 Å². The van der Waals surface area contributed by atoms with Crippen LogP contribution in [-0.2, 0) is 12.8 Å². The van der Waals surface area contributed by atoms with Crippen LogP contribution in [0.15, 0.2) is 49.0 Å². The molecule has 0 amide bonds. The van der Waals surface area contributed by atoms with Crippen molar-refractivity contribution in [2.24, 2.45) is 0 Å². The lowest BCUT2D eigenvalue weighted by molar-refractivity contribution is 0.690. The van der Waals surface area contributed by atoms with Gasteiger partial charge in [0.15, 0.2) is 0 Å². The largest absolute Gasteiger partial charge is 0.0984 e. The van der Waals surface area contributed by atoms with Crippen LogP contribution < -0.4 is 0 Å². The van der Waals surface area contributed by atoms with E-state index in [1.54, 1.807) is 11.1 Å². The number of benzene rings is 3. The van der Waals surface area contributed by atoms with Gasteiger partial charge in [-0.2, -0.15) is 0 Å². The summed E-state index contributed by atoms with van der Waals surface area (Å²) in [4.78, 5) is 0. The Balaban J connectivity index is 2.13. The summed E-state index contributed by atoms with van der Waals surface area (Å²) in [5.41, 5.74) is 4.37. The van der Waals surface area contributed by atoms with E-state index >= 15 is 0 Å². The molecule has 3 aromatic rings. The summed E-state index contributed by atoms with van der Waals surface area (Å²) in [5, 5.41) is 5.52. The molecule has 0 saturated heterocycles. The van der Waals surface area contributed by atoms with E-state index in [4.69, 9.17) is 0 Å².